The Morgan fingerprint density at radius 2 is 2.00 bits per heavy atom. The number of anilines is 1. The summed E-state index contributed by atoms with van der Waals surface area (Å²) in [6, 6.07) is 0.960. The van der Waals surface area contributed by atoms with Gasteiger partial charge in [-0.15, -0.1) is 0 Å². The van der Waals surface area contributed by atoms with Gasteiger partial charge in [0.1, 0.15) is 12.1 Å². The molecule has 1 saturated heterocycles. The topological polar surface area (TPSA) is 67.2 Å². The van der Waals surface area contributed by atoms with Gasteiger partial charge in [0, 0.05) is 18.3 Å². The minimum atomic E-state index is -0.524. The predicted octanol–water partition coefficient (Wildman–Crippen LogP) is 0.704. The van der Waals surface area contributed by atoms with E-state index in [0.29, 0.717) is 5.82 Å². The highest BCUT2D eigenvalue weighted by molar-refractivity contribution is 6.07. The van der Waals surface area contributed by atoms with E-state index >= 15 is 0 Å². The lowest BCUT2D eigenvalue weighted by atomic mass is 10.1. The summed E-state index contributed by atoms with van der Waals surface area (Å²) in [5, 5.41) is 6.99. The maximum absolute atomic E-state index is 12.1. The molecule has 0 saturated carbocycles. The van der Waals surface area contributed by atoms with E-state index in [1.807, 2.05) is 20.0 Å². The number of carbonyl (C=O) groups is 2. The van der Waals surface area contributed by atoms with Gasteiger partial charge in [-0.1, -0.05) is 0 Å². The summed E-state index contributed by atoms with van der Waals surface area (Å²) in [5.41, 5.74) is 0. The average Bonchev–Trinajstić information content (AvgIpc) is 2.76. The van der Waals surface area contributed by atoms with Crippen LogP contribution in [0.25, 0.3) is 0 Å². The zero-order valence-corrected chi connectivity index (χ0v) is 11.0. The minimum absolute atomic E-state index is 0.129. The van der Waals surface area contributed by atoms with Crippen molar-refractivity contribution >= 4 is 17.6 Å². The van der Waals surface area contributed by atoms with Crippen LogP contribution in [0.2, 0.25) is 0 Å². The van der Waals surface area contributed by atoms with E-state index in [2.05, 4.69) is 10.4 Å². The quantitative estimate of drug-likeness (QED) is 0.840. The van der Waals surface area contributed by atoms with Gasteiger partial charge in [-0.05, 0) is 27.7 Å². The van der Waals surface area contributed by atoms with E-state index in [4.69, 9.17) is 0 Å². The van der Waals surface area contributed by atoms with Crippen LogP contribution in [0.4, 0.5) is 5.82 Å². The van der Waals surface area contributed by atoms with Gasteiger partial charge >= 0.3 is 0 Å². The number of nitrogens with one attached hydrogen (secondary N) is 1. The highest BCUT2D eigenvalue weighted by atomic mass is 16.2. The van der Waals surface area contributed by atoms with Crippen LogP contribution < -0.4 is 10.2 Å². The Morgan fingerprint density at radius 1 is 1.33 bits per heavy atom. The Labute approximate surface area is 106 Å². The van der Waals surface area contributed by atoms with Gasteiger partial charge in [0.2, 0.25) is 5.91 Å². The molecule has 2 rings (SSSR count). The molecule has 0 bridgehead atoms. The van der Waals surface area contributed by atoms with E-state index in [9.17, 15) is 9.59 Å². The fraction of sp³-hybridized carbons (Fsp3) is 0.583. The van der Waals surface area contributed by atoms with Crippen LogP contribution in [0.5, 0.6) is 0 Å². The maximum atomic E-state index is 12.1. The van der Waals surface area contributed by atoms with Crippen molar-refractivity contribution in [2.75, 3.05) is 4.90 Å². The molecular formula is C12H18N4O2. The second-order valence-corrected chi connectivity index (χ2v) is 4.86. The second-order valence-electron chi connectivity index (χ2n) is 4.86. The van der Waals surface area contributed by atoms with Crippen LogP contribution in [-0.2, 0) is 9.59 Å². The predicted molar refractivity (Wildman–Crippen MR) is 67.2 cm³/mol. The first-order valence-corrected chi connectivity index (χ1v) is 6.10. The van der Waals surface area contributed by atoms with Crippen molar-refractivity contribution in [1.29, 1.82) is 0 Å². The second kappa shape index (κ2) is 4.44. The van der Waals surface area contributed by atoms with Gasteiger partial charge in [-0.25, -0.2) is 0 Å². The molecule has 98 valence electrons. The summed E-state index contributed by atoms with van der Waals surface area (Å²) in [6.07, 6.45) is 1.82. The molecule has 0 aliphatic carbocycles. The Bertz CT molecular complexity index is 480. The Kier molecular flexibility index (Phi) is 3.11. The molecule has 2 heterocycles. The van der Waals surface area contributed by atoms with Crippen molar-refractivity contribution in [3.63, 3.8) is 0 Å². The van der Waals surface area contributed by atoms with Crippen molar-refractivity contribution in [3.05, 3.63) is 12.3 Å². The van der Waals surface area contributed by atoms with Crippen LogP contribution in [0.3, 0.4) is 0 Å². The number of hydrogen-bond donors (Lipinski definition) is 1. The molecule has 1 aromatic rings. The van der Waals surface area contributed by atoms with Crippen molar-refractivity contribution in [2.45, 2.75) is 45.8 Å². The van der Waals surface area contributed by atoms with E-state index in [-0.39, 0.29) is 17.9 Å². The molecule has 2 atom stereocenters. The van der Waals surface area contributed by atoms with Gasteiger partial charge in [-0.3, -0.25) is 19.2 Å². The van der Waals surface area contributed by atoms with Crippen molar-refractivity contribution < 1.29 is 9.59 Å². The zero-order chi connectivity index (χ0) is 13.4. The smallest absolute Gasteiger partial charge is 0.251 e. The third kappa shape index (κ3) is 1.98. The molecule has 1 fully saturated rings. The summed E-state index contributed by atoms with van der Waals surface area (Å²) >= 11 is 0. The third-order valence-electron chi connectivity index (χ3n) is 3.10. The number of aromatic nitrogens is 2. The first-order chi connectivity index (χ1) is 8.41. The molecular weight excluding hydrogens is 232 g/mol. The van der Waals surface area contributed by atoms with Crippen molar-refractivity contribution in [2.24, 2.45) is 0 Å². The third-order valence-corrected chi connectivity index (χ3v) is 3.10. The fourth-order valence-electron chi connectivity index (χ4n) is 1.97. The first-order valence-electron chi connectivity index (χ1n) is 6.10. The van der Waals surface area contributed by atoms with Gasteiger partial charge in [0.05, 0.1) is 0 Å². The van der Waals surface area contributed by atoms with E-state index in [1.165, 1.54) is 4.90 Å². The summed E-state index contributed by atoms with van der Waals surface area (Å²) in [4.78, 5) is 25.3. The van der Waals surface area contributed by atoms with Crippen molar-refractivity contribution in [3.8, 4) is 0 Å². The maximum Gasteiger partial charge on any atom is 0.251 e. The lowest BCUT2D eigenvalue weighted by Gasteiger charge is -2.34. The first kappa shape index (κ1) is 12.6. The van der Waals surface area contributed by atoms with Gasteiger partial charge in [-0.2, -0.15) is 5.10 Å². The molecule has 0 aromatic carbocycles. The van der Waals surface area contributed by atoms with E-state index in [1.54, 1.807) is 24.6 Å². The molecule has 1 aliphatic rings. The lowest BCUT2D eigenvalue weighted by Crippen LogP contribution is -2.61. The van der Waals surface area contributed by atoms with Crippen LogP contribution in [-0.4, -0.2) is 33.7 Å². The van der Waals surface area contributed by atoms with E-state index in [0.717, 1.165) is 0 Å². The monoisotopic (exact) mass is 250 g/mol. The molecule has 1 aliphatic heterocycles. The Morgan fingerprint density at radius 3 is 2.56 bits per heavy atom. The minimum Gasteiger partial charge on any atom is -0.343 e. The highest BCUT2D eigenvalue weighted by Gasteiger charge is 2.37. The summed E-state index contributed by atoms with van der Waals surface area (Å²) in [6.45, 7) is 7.40. The number of nitrogens with zero attached hydrogens (tertiary/aromatic N) is 3. The summed E-state index contributed by atoms with van der Waals surface area (Å²) in [5.74, 6) is 0.250. The van der Waals surface area contributed by atoms with Crippen LogP contribution in [0.1, 0.15) is 33.7 Å². The molecule has 0 radical (unpaired) electrons. The summed E-state index contributed by atoms with van der Waals surface area (Å²) in [7, 11) is 0. The van der Waals surface area contributed by atoms with Crippen LogP contribution in [0.15, 0.2) is 12.3 Å². The number of rotatable bonds is 2. The normalized spacial score (nSPS) is 24.6. The lowest BCUT2D eigenvalue weighted by molar-refractivity contribution is -0.133. The van der Waals surface area contributed by atoms with Gasteiger partial charge in [0.15, 0.2) is 5.82 Å². The number of carbonyl (C=O) groups excluding carboxylic acids is 2. The molecule has 1 N–H and O–H groups in total. The van der Waals surface area contributed by atoms with Crippen LogP contribution in [0, 0.1) is 0 Å². The SMILES string of the molecule is CC1NC(=O)C(C)N(c2ccn(C(C)C)n2)C1=O. The Balaban J connectivity index is 2.33. The molecule has 18 heavy (non-hydrogen) atoms. The number of amides is 2. The number of piperazine rings is 1. The molecule has 1 aromatic heterocycles. The van der Waals surface area contributed by atoms with Crippen LogP contribution >= 0.6 is 0 Å². The van der Waals surface area contributed by atoms with E-state index < -0.39 is 12.1 Å². The molecule has 2 unspecified atom stereocenters. The largest absolute Gasteiger partial charge is 0.343 e. The summed E-state index contributed by atoms with van der Waals surface area (Å²) < 4.78 is 1.77. The molecule has 0 spiro atoms. The zero-order valence-electron chi connectivity index (χ0n) is 11.0. The fourth-order valence-corrected chi connectivity index (χ4v) is 1.97. The van der Waals surface area contributed by atoms with Crippen molar-refractivity contribution in [1.82, 2.24) is 15.1 Å². The van der Waals surface area contributed by atoms with Gasteiger partial charge < -0.3 is 5.32 Å². The standard InChI is InChI=1S/C12H18N4O2/c1-7(2)15-6-5-10(14-15)16-9(4)11(17)13-8(3)12(16)18/h5-9H,1-4H3,(H,13,17). The number of hydrogen-bond acceptors (Lipinski definition) is 3. The molecule has 2 amide bonds. The molecule has 6 nitrogen and oxygen atoms in total. The van der Waals surface area contributed by atoms with Gasteiger partial charge in [0.25, 0.3) is 5.91 Å². The highest BCUT2D eigenvalue weighted by Crippen LogP contribution is 2.20. The average molecular weight is 250 g/mol. The molecule has 6 heteroatoms. The Hall–Kier alpha value is -1.85.